The van der Waals surface area contributed by atoms with Gasteiger partial charge in [-0.05, 0) is 40.9 Å². The van der Waals surface area contributed by atoms with Crippen molar-refractivity contribution in [2.24, 2.45) is 5.92 Å². The van der Waals surface area contributed by atoms with Gasteiger partial charge in [0.1, 0.15) is 5.78 Å². The smallest absolute Gasteiger partial charge is 0.141 e. The SMILES string of the molecule is CCC(CC)C(=O)Cc1ccc(Br)s1. The molecule has 0 aliphatic rings. The van der Waals surface area contributed by atoms with E-state index in [1.165, 1.54) is 0 Å². The van der Waals surface area contributed by atoms with Crippen molar-refractivity contribution >= 4 is 33.0 Å². The van der Waals surface area contributed by atoms with E-state index in [1.54, 1.807) is 11.3 Å². The number of rotatable bonds is 5. The molecule has 1 aromatic rings. The van der Waals surface area contributed by atoms with Gasteiger partial charge in [-0.1, -0.05) is 13.8 Å². The largest absolute Gasteiger partial charge is 0.299 e. The number of Topliss-reactive ketones (excluding diaryl/α,β-unsaturated/α-hetero) is 1. The fourth-order valence-electron chi connectivity index (χ4n) is 1.51. The van der Waals surface area contributed by atoms with Crippen LogP contribution in [0.25, 0.3) is 0 Å². The molecular formula is C11H15BrOS. The Morgan fingerprint density at radius 3 is 2.50 bits per heavy atom. The maximum Gasteiger partial charge on any atom is 0.141 e. The second-order valence-corrected chi connectivity index (χ2v) is 5.91. The van der Waals surface area contributed by atoms with Crippen LogP contribution < -0.4 is 0 Å². The Balaban J connectivity index is 2.56. The average molecular weight is 275 g/mol. The second-order valence-electron chi connectivity index (χ2n) is 3.36. The Bertz CT molecular complexity index is 302. The zero-order valence-corrected chi connectivity index (χ0v) is 11.0. The molecule has 78 valence electrons. The summed E-state index contributed by atoms with van der Waals surface area (Å²) >= 11 is 5.05. The lowest BCUT2D eigenvalue weighted by atomic mass is 9.96. The van der Waals surface area contributed by atoms with Gasteiger partial charge in [0.2, 0.25) is 0 Å². The van der Waals surface area contributed by atoms with E-state index in [4.69, 9.17) is 0 Å². The Morgan fingerprint density at radius 1 is 1.43 bits per heavy atom. The van der Waals surface area contributed by atoms with Crippen LogP contribution in [-0.4, -0.2) is 5.78 Å². The van der Waals surface area contributed by atoms with Gasteiger partial charge in [-0.3, -0.25) is 4.79 Å². The number of hydrogen-bond acceptors (Lipinski definition) is 2. The standard InChI is InChI=1S/C11H15BrOS/c1-3-8(4-2)10(13)7-9-5-6-11(12)14-9/h5-6,8H,3-4,7H2,1-2H3. The number of carbonyl (C=O) groups is 1. The van der Waals surface area contributed by atoms with Gasteiger partial charge in [0.15, 0.2) is 0 Å². The minimum absolute atomic E-state index is 0.246. The minimum Gasteiger partial charge on any atom is -0.299 e. The van der Waals surface area contributed by atoms with Gasteiger partial charge in [-0.2, -0.15) is 0 Å². The Labute approximate surface area is 97.7 Å². The van der Waals surface area contributed by atoms with Crippen LogP contribution in [0.15, 0.2) is 15.9 Å². The molecule has 0 aliphatic heterocycles. The fraction of sp³-hybridized carbons (Fsp3) is 0.545. The number of carbonyl (C=O) groups excluding carboxylic acids is 1. The molecule has 0 saturated carbocycles. The van der Waals surface area contributed by atoms with Crippen LogP contribution in [0.5, 0.6) is 0 Å². The highest BCUT2D eigenvalue weighted by atomic mass is 79.9. The summed E-state index contributed by atoms with van der Waals surface area (Å²) < 4.78 is 1.10. The molecule has 0 saturated heterocycles. The molecule has 0 fully saturated rings. The van der Waals surface area contributed by atoms with E-state index in [1.807, 2.05) is 12.1 Å². The summed E-state index contributed by atoms with van der Waals surface area (Å²) in [5, 5.41) is 0. The van der Waals surface area contributed by atoms with Crippen molar-refractivity contribution in [2.75, 3.05) is 0 Å². The molecule has 0 spiro atoms. The molecule has 3 heteroatoms. The van der Waals surface area contributed by atoms with E-state index >= 15 is 0 Å². The summed E-state index contributed by atoms with van der Waals surface area (Å²) in [6.45, 7) is 4.16. The number of thiophene rings is 1. The Kier molecular flexibility index (Phi) is 4.82. The zero-order chi connectivity index (χ0) is 10.6. The molecular weight excluding hydrogens is 260 g/mol. The summed E-state index contributed by atoms with van der Waals surface area (Å²) in [5.41, 5.74) is 0. The van der Waals surface area contributed by atoms with Crippen molar-refractivity contribution < 1.29 is 4.79 Å². The summed E-state index contributed by atoms with van der Waals surface area (Å²) in [7, 11) is 0. The summed E-state index contributed by atoms with van der Waals surface area (Å²) in [6.07, 6.45) is 2.52. The lowest BCUT2D eigenvalue weighted by Crippen LogP contribution is -2.14. The third-order valence-electron chi connectivity index (χ3n) is 2.42. The number of hydrogen-bond donors (Lipinski definition) is 0. The molecule has 1 nitrogen and oxygen atoms in total. The molecule has 0 bridgehead atoms. The zero-order valence-electron chi connectivity index (χ0n) is 8.55. The maximum absolute atomic E-state index is 11.8. The minimum atomic E-state index is 0.246. The third kappa shape index (κ3) is 3.21. The van der Waals surface area contributed by atoms with Crippen molar-refractivity contribution in [2.45, 2.75) is 33.1 Å². The molecule has 14 heavy (non-hydrogen) atoms. The first-order chi connectivity index (χ1) is 6.67. The van der Waals surface area contributed by atoms with E-state index in [2.05, 4.69) is 29.8 Å². The van der Waals surface area contributed by atoms with E-state index in [0.29, 0.717) is 12.2 Å². The van der Waals surface area contributed by atoms with Gasteiger partial charge in [-0.25, -0.2) is 0 Å². The highest BCUT2D eigenvalue weighted by Crippen LogP contribution is 2.24. The fourth-order valence-corrected chi connectivity index (χ4v) is 3.00. The van der Waals surface area contributed by atoms with Gasteiger partial charge < -0.3 is 0 Å². The van der Waals surface area contributed by atoms with Gasteiger partial charge in [0.05, 0.1) is 3.79 Å². The highest BCUT2D eigenvalue weighted by Gasteiger charge is 2.15. The van der Waals surface area contributed by atoms with Gasteiger partial charge >= 0.3 is 0 Å². The number of halogens is 1. The first-order valence-corrected chi connectivity index (χ1v) is 6.55. The average Bonchev–Trinajstić information content (AvgIpc) is 2.53. The van der Waals surface area contributed by atoms with E-state index in [-0.39, 0.29) is 5.92 Å². The van der Waals surface area contributed by atoms with Crippen LogP contribution in [0, 0.1) is 5.92 Å². The molecule has 0 radical (unpaired) electrons. The van der Waals surface area contributed by atoms with Crippen LogP contribution in [0.4, 0.5) is 0 Å². The van der Waals surface area contributed by atoms with Crippen molar-refractivity contribution in [1.82, 2.24) is 0 Å². The molecule has 0 amide bonds. The predicted molar refractivity (Wildman–Crippen MR) is 64.8 cm³/mol. The second kappa shape index (κ2) is 5.66. The first-order valence-electron chi connectivity index (χ1n) is 4.94. The molecule has 0 N–H and O–H groups in total. The quantitative estimate of drug-likeness (QED) is 0.792. The van der Waals surface area contributed by atoms with Crippen LogP contribution in [-0.2, 0) is 11.2 Å². The predicted octanol–water partition coefficient (Wildman–Crippen LogP) is 4.06. The highest BCUT2D eigenvalue weighted by molar-refractivity contribution is 9.11. The van der Waals surface area contributed by atoms with E-state index < -0.39 is 0 Å². The van der Waals surface area contributed by atoms with Gasteiger partial charge in [-0.15, -0.1) is 11.3 Å². The molecule has 1 heterocycles. The first kappa shape index (κ1) is 11.9. The lowest BCUT2D eigenvalue weighted by molar-refractivity contribution is -0.122. The molecule has 0 aromatic carbocycles. The monoisotopic (exact) mass is 274 g/mol. The normalized spacial score (nSPS) is 10.9. The van der Waals surface area contributed by atoms with Crippen LogP contribution >= 0.6 is 27.3 Å². The van der Waals surface area contributed by atoms with Crippen LogP contribution in [0.2, 0.25) is 0 Å². The summed E-state index contributed by atoms with van der Waals surface area (Å²) in [5.74, 6) is 0.625. The van der Waals surface area contributed by atoms with Crippen LogP contribution in [0.3, 0.4) is 0 Å². The molecule has 0 unspecified atom stereocenters. The summed E-state index contributed by atoms with van der Waals surface area (Å²) in [6, 6.07) is 4.02. The molecule has 1 rings (SSSR count). The topological polar surface area (TPSA) is 17.1 Å². The summed E-state index contributed by atoms with van der Waals surface area (Å²) in [4.78, 5) is 12.9. The number of ketones is 1. The van der Waals surface area contributed by atoms with E-state index in [0.717, 1.165) is 21.5 Å². The van der Waals surface area contributed by atoms with Crippen molar-refractivity contribution in [3.8, 4) is 0 Å². The third-order valence-corrected chi connectivity index (χ3v) is 4.04. The maximum atomic E-state index is 11.8. The van der Waals surface area contributed by atoms with Crippen molar-refractivity contribution in [1.29, 1.82) is 0 Å². The lowest BCUT2D eigenvalue weighted by Gasteiger charge is -2.09. The van der Waals surface area contributed by atoms with Gasteiger partial charge in [0, 0.05) is 17.2 Å². The van der Waals surface area contributed by atoms with Crippen LogP contribution in [0.1, 0.15) is 31.6 Å². The van der Waals surface area contributed by atoms with Crippen molar-refractivity contribution in [3.05, 3.63) is 20.8 Å². The van der Waals surface area contributed by atoms with Crippen molar-refractivity contribution in [3.63, 3.8) is 0 Å². The molecule has 0 aliphatic carbocycles. The Hall–Kier alpha value is -0.150. The van der Waals surface area contributed by atoms with E-state index in [9.17, 15) is 4.79 Å². The molecule has 1 aromatic heterocycles. The Morgan fingerprint density at radius 2 is 2.07 bits per heavy atom. The molecule has 0 atom stereocenters. The van der Waals surface area contributed by atoms with Gasteiger partial charge in [0.25, 0.3) is 0 Å².